The first-order chi connectivity index (χ1) is 22.5. The van der Waals surface area contributed by atoms with Crippen molar-refractivity contribution in [2.24, 2.45) is 0 Å². The second-order valence-electron chi connectivity index (χ2n) is 11.9. The Morgan fingerprint density at radius 2 is 1.50 bits per heavy atom. The average Bonchev–Trinajstić information content (AvgIpc) is 3.39. The maximum absolute atomic E-state index is 13.4. The first kappa shape index (κ1) is 31.1. The number of hydrogen-bond acceptors (Lipinski definition) is 6. The van der Waals surface area contributed by atoms with Gasteiger partial charge in [-0.05, 0) is 78.2 Å². The van der Waals surface area contributed by atoms with Crippen LogP contribution in [0.15, 0.2) is 95.5 Å². The van der Waals surface area contributed by atoms with Crippen LogP contribution >= 0.6 is 0 Å². The highest BCUT2D eigenvalue weighted by Gasteiger charge is 2.28. The number of nitrogens with zero attached hydrogens (tertiary/aromatic N) is 1. The van der Waals surface area contributed by atoms with Gasteiger partial charge in [-0.2, -0.15) is 0 Å². The summed E-state index contributed by atoms with van der Waals surface area (Å²) in [6, 6.07) is 30.7. The number of amides is 1. The van der Waals surface area contributed by atoms with Gasteiger partial charge >= 0.3 is 0 Å². The number of nitrogens with one attached hydrogen (secondary N) is 2. The molecule has 0 radical (unpaired) electrons. The van der Waals surface area contributed by atoms with E-state index in [0.717, 1.165) is 59.5 Å². The van der Waals surface area contributed by atoms with E-state index in [1.54, 1.807) is 0 Å². The minimum atomic E-state index is -0.300. The third kappa shape index (κ3) is 7.00. The molecular weight excluding hydrogens is 574 g/mol. The molecule has 236 valence electrons. The van der Waals surface area contributed by atoms with Crippen LogP contribution in [0.2, 0.25) is 0 Å². The first-order valence-electron chi connectivity index (χ1n) is 16.1. The van der Waals surface area contributed by atoms with Crippen molar-refractivity contribution >= 4 is 5.91 Å². The SMILES string of the molecule is CCNC(=O)c1onc(-c2cc(C(C)C)c(OCc3ccccc3)cc2OCc2ccccc2)c1-c1ccc2c(c1)CCNCC2. The van der Waals surface area contributed by atoms with Crippen LogP contribution in [0.25, 0.3) is 22.4 Å². The van der Waals surface area contributed by atoms with E-state index in [0.29, 0.717) is 36.8 Å². The second-order valence-corrected chi connectivity index (χ2v) is 11.9. The van der Waals surface area contributed by atoms with Gasteiger partial charge in [0.05, 0.1) is 5.56 Å². The Bertz CT molecular complexity index is 1780. The van der Waals surface area contributed by atoms with Crippen molar-refractivity contribution in [3.63, 3.8) is 0 Å². The molecular formula is C39H41N3O4. The molecule has 2 N–H and O–H groups in total. The fraction of sp³-hybridized carbons (Fsp3) is 0.282. The number of aromatic nitrogens is 1. The van der Waals surface area contributed by atoms with Gasteiger partial charge in [-0.15, -0.1) is 0 Å². The molecule has 0 atom stereocenters. The summed E-state index contributed by atoms with van der Waals surface area (Å²) in [6.45, 7) is 9.30. The second kappa shape index (κ2) is 14.5. The lowest BCUT2D eigenvalue weighted by Gasteiger charge is -2.19. The number of rotatable bonds is 11. The molecule has 0 saturated heterocycles. The lowest BCUT2D eigenvalue weighted by atomic mass is 9.91. The lowest BCUT2D eigenvalue weighted by molar-refractivity contribution is 0.0920. The Morgan fingerprint density at radius 1 is 0.848 bits per heavy atom. The van der Waals surface area contributed by atoms with Crippen molar-refractivity contribution in [2.75, 3.05) is 19.6 Å². The molecule has 7 nitrogen and oxygen atoms in total. The third-order valence-corrected chi connectivity index (χ3v) is 8.34. The molecule has 0 spiro atoms. The van der Waals surface area contributed by atoms with Crippen molar-refractivity contribution in [1.29, 1.82) is 0 Å². The molecule has 0 aliphatic carbocycles. The summed E-state index contributed by atoms with van der Waals surface area (Å²) in [6.07, 6.45) is 1.88. The van der Waals surface area contributed by atoms with Crippen molar-refractivity contribution in [3.8, 4) is 33.9 Å². The van der Waals surface area contributed by atoms with Gasteiger partial charge in [-0.1, -0.05) is 97.9 Å². The van der Waals surface area contributed by atoms with E-state index in [1.807, 2.05) is 61.5 Å². The quantitative estimate of drug-likeness (QED) is 0.158. The number of ether oxygens (including phenoxy) is 2. The van der Waals surface area contributed by atoms with Gasteiger partial charge in [0.1, 0.15) is 30.4 Å². The highest BCUT2D eigenvalue weighted by atomic mass is 16.5. The van der Waals surface area contributed by atoms with Gasteiger partial charge in [-0.25, -0.2) is 0 Å². The fourth-order valence-corrected chi connectivity index (χ4v) is 5.90. The Balaban J connectivity index is 1.50. The molecule has 46 heavy (non-hydrogen) atoms. The number of carbonyl (C=O) groups is 1. The zero-order chi connectivity index (χ0) is 31.9. The van der Waals surface area contributed by atoms with Crippen molar-refractivity contribution in [1.82, 2.24) is 15.8 Å². The van der Waals surface area contributed by atoms with Gasteiger partial charge in [0.2, 0.25) is 5.76 Å². The summed E-state index contributed by atoms with van der Waals surface area (Å²) >= 11 is 0. The van der Waals surface area contributed by atoms with Gasteiger partial charge < -0.3 is 24.6 Å². The molecule has 0 unspecified atom stereocenters. The molecule has 0 fully saturated rings. The van der Waals surface area contributed by atoms with E-state index in [4.69, 9.17) is 14.0 Å². The number of hydrogen-bond donors (Lipinski definition) is 2. The first-order valence-corrected chi connectivity index (χ1v) is 16.1. The number of benzene rings is 4. The fourth-order valence-electron chi connectivity index (χ4n) is 5.90. The molecule has 6 rings (SSSR count). The van der Waals surface area contributed by atoms with Gasteiger partial charge in [0.25, 0.3) is 5.91 Å². The maximum Gasteiger partial charge on any atom is 0.290 e. The van der Waals surface area contributed by atoms with Crippen molar-refractivity contribution in [3.05, 3.63) is 125 Å². The predicted molar refractivity (Wildman–Crippen MR) is 181 cm³/mol. The Hall–Kier alpha value is -4.88. The number of fused-ring (bicyclic) bond motifs is 1. The Morgan fingerprint density at radius 3 is 2.15 bits per heavy atom. The molecule has 0 saturated carbocycles. The molecule has 4 aromatic carbocycles. The maximum atomic E-state index is 13.4. The van der Waals surface area contributed by atoms with Crippen LogP contribution in [0.4, 0.5) is 0 Å². The summed E-state index contributed by atoms with van der Waals surface area (Å²) in [5.74, 6) is 1.38. The largest absolute Gasteiger partial charge is 0.488 e. The monoisotopic (exact) mass is 615 g/mol. The molecule has 0 bridgehead atoms. The van der Waals surface area contributed by atoms with Crippen LogP contribution in [0.5, 0.6) is 11.5 Å². The van der Waals surface area contributed by atoms with Crippen LogP contribution < -0.4 is 20.1 Å². The molecule has 1 aliphatic heterocycles. The highest BCUT2D eigenvalue weighted by Crippen LogP contribution is 2.44. The predicted octanol–water partition coefficient (Wildman–Crippen LogP) is 7.73. The van der Waals surface area contributed by atoms with E-state index >= 15 is 0 Å². The molecule has 7 heteroatoms. The average molecular weight is 616 g/mol. The van der Waals surface area contributed by atoms with Gasteiger partial charge in [0, 0.05) is 18.2 Å². The van der Waals surface area contributed by atoms with Crippen LogP contribution in [-0.2, 0) is 26.1 Å². The van der Waals surface area contributed by atoms with Gasteiger partial charge in [-0.3, -0.25) is 4.79 Å². The molecule has 1 amide bonds. The lowest BCUT2D eigenvalue weighted by Crippen LogP contribution is -2.22. The van der Waals surface area contributed by atoms with E-state index in [2.05, 4.69) is 66.0 Å². The Labute approximate surface area is 270 Å². The zero-order valence-electron chi connectivity index (χ0n) is 26.8. The van der Waals surface area contributed by atoms with E-state index in [1.165, 1.54) is 11.1 Å². The van der Waals surface area contributed by atoms with E-state index in [-0.39, 0.29) is 17.6 Å². The normalized spacial score (nSPS) is 12.8. The van der Waals surface area contributed by atoms with Crippen molar-refractivity contribution < 1.29 is 18.8 Å². The summed E-state index contributed by atoms with van der Waals surface area (Å²) in [5.41, 5.74) is 8.58. The summed E-state index contributed by atoms with van der Waals surface area (Å²) < 4.78 is 18.9. The van der Waals surface area contributed by atoms with Crippen LogP contribution in [0, 0.1) is 0 Å². The van der Waals surface area contributed by atoms with Crippen LogP contribution in [0.3, 0.4) is 0 Å². The topological polar surface area (TPSA) is 85.6 Å². The molecule has 2 heterocycles. The number of carbonyl (C=O) groups excluding carboxylic acids is 1. The summed E-state index contributed by atoms with van der Waals surface area (Å²) in [7, 11) is 0. The molecule has 1 aromatic heterocycles. The van der Waals surface area contributed by atoms with Gasteiger partial charge in [0.15, 0.2) is 0 Å². The summed E-state index contributed by atoms with van der Waals surface area (Å²) in [4.78, 5) is 13.4. The van der Waals surface area contributed by atoms with Crippen LogP contribution in [0.1, 0.15) is 65.1 Å². The highest BCUT2D eigenvalue weighted by molar-refractivity contribution is 6.02. The summed E-state index contributed by atoms with van der Waals surface area (Å²) in [5, 5.41) is 11.0. The smallest absolute Gasteiger partial charge is 0.290 e. The van der Waals surface area contributed by atoms with E-state index in [9.17, 15) is 4.79 Å². The standard InChI is InChI=1S/C39H41N3O4/c1-4-41-39(43)38-36(31-16-15-29-17-19-40-20-18-30(29)21-31)37(42-46-38)33-22-32(26(2)3)34(44-24-27-11-7-5-8-12-27)23-35(33)45-25-28-13-9-6-10-14-28/h5-16,21-23,26,40H,4,17-20,24-25H2,1-3H3,(H,41,43). The zero-order valence-corrected chi connectivity index (χ0v) is 26.8. The minimum absolute atomic E-state index is 0.144. The van der Waals surface area contributed by atoms with Crippen molar-refractivity contribution in [2.45, 2.75) is 52.7 Å². The molecule has 5 aromatic rings. The minimum Gasteiger partial charge on any atom is -0.488 e. The Kier molecular flexibility index (Phi) is 9.79. The third-order valence-electron chi connectivity index (χ3n) is 8.34. The molecule has 1 aliphatic rings. The van der Waals surface area contributed by atoms with E-state index < -0.39 is 0 Å². The van der Waals surface area contributed by atoms with Crippen LogP contribution in [-0.4, -0.2) is 30.7 Å².